The van der Waals surface area contributed by atoms with Gasteiger partial charge in [0.25, 0.3) is 5.56 Å². The Labute approximate surface area is 195 Å². The molecule has 0 saturated carbocycles. The first-order valence-electron chi connectivity index (χ1n) is 11.9. The van der Waals surface area contributed by atoms with Crippen molar-refractivity contribution in [2.24, 2.45) is 0 Å². The summed E-state index contributed by atoms with van der Waals surface area (Å²) in [5.41, 5.74) is 3.92. The maximum absolute atomic E-state index is 12.9. The Hall–Kier alpha value is -3.74. The van der Waals surface area contributed by atoms with Crippen molar-refractivity contribution >= 4 is 27.8 Å². The monoisotopic (exact) mass is 456 g/mol. The summed E-state index contributed by atoms with van der Waals surface area (Å²) in [6.45, 7) is 0.640. The van der Waals surface area contributed by atoms with Crippen LogP contribution in [0.5, 0.6) is 0 Å². The van der Waals surface area contributed by atoms with Crippen LogP contribution < -0.4 is 11.2 Å². The highest BCUT2D eigenvalue weighted by atomic mass is 16.5. The fourth-order valence-electron chi connectivity index (χ4n) is 5.19. The van der Waals surface area contributed by atoms with Gasteiger partial charge in [0, 0.05) is 30.0 Å². The lowest BCUT2D eigenvalue weighted by molar-refractivity contribution is 0.0474. The van der Waals surface area contributed by atoms with Gasteiger partial charge in [0.15, 0.2) is 0 Å². The summed E-state index contributed by atoms with van der Waals surface area (Å²) in [7, 11) is 0. The van der Waals surface area contributed by atoms with E-state index in [1.54, 1.807) is 22.8 Å². The summed E-state index contributed by atoms with van der Waals surface area (Å²) in [5, 5.41) is 1.30. The summed E-state index contributed by atoms with van der Waals surface area (Å²) in [5.74, 6) is 0.247. The van der Waals surface area contributed by atoms with Crippen molar-refractivity contribution in [2.45, 2.75) is 58.1 Å². The second-order valence-electron chi connectivity index (χ2n) is 9.16. The second kappa shape index (κ2) is 8.24. The fraction of sp³-hybridized carbons (Fsp3) is 0.333. The molecule has 2 aliphatic rings. The summed E-state index contributed by atoms with van der Waals surface area (Å²) in [6.07, 6.45) is 6.87. The molecular formula is C27H24N2O5. The predicted molar refractivity (Wildman–Crippen MR) is 127 cm³/mol. The first-order chi connectivity index (χ1) is 16.6. The molecule has 0 saturated heterocycles. The SMILES string of the molecule is O=C(OCc1cc(=O)oc2cc3c(cc12)CCC3)c1ccc2c(=O)n3c(nc2c1)CCCCC3. The smallest absolute Gasteiger partial charge is 0.338 e. The van der Waals surface area contributed by atoms with Gasteiger partial charge in [-0.3, -0.25) is 9.36 Å². The third-order valence-corrected chi connectivity index (χ3v) is 6.95. The van der Waals surface area contributed by atoms with Gasteiger partial charge in [0.1, 0.15) is 18.0 Å². The zero-order chi connectivity index (χ0) is 23.2. The molecule has 4 aromatic rings. The van der Waals surface area contributed by atoms with E-state index in [-0.39, 0.29) is 12.2 Å². The Bertz CT molecular complexity index is 1580. The van der Waals surface area contributed by atoms with E-state index in [1.807, 2.05) is 12.1 Å². The average Bonchev–Trinajstić information content (AvgIpc) is 3.16. The summed E-state index contributed by atoms with van der Waals surface area (Å²) in [4.78, 5) is 42.6. The van der Waals surface area contributed by atoms with Crippen molar-refractivity contribution in [1.82, 2.24) is 9.55 Å². The highest BCUT2D eigenvalue weighted by molar-refractivity contribution is 5.94. The molecule has 34 heavy (non-hydrogen) atoms. The Morgan fingerprint density at radius 1 is 0.941 bits per heavy atom. The molecule has 0 radical (unpaired) electrons. The summed E-state index contributed by atoms with van der Waals surface area (Å²) >= 11 is 0. The van der Waals surface area contributed by atoms with Gasteiger partial charge in [-0.05, 0) is 73.6 Å². The number of rotatable bonds is 3. The van der Waals surface area contributed by atoms with E-state index >= 15 is 0 Å². The zero-order valence-electron chi connectivity index (χ0n) is 18.8. The Balaban J connectivity index is 1.30. The van der Waals surface area contributed by atoms with Crippen LogP contribution in [0.4, 0.5) is 0 Å². The van der Waals surface area contributed by atoms with Gasteiger partial charge in [-0.2, -0.15) is 0 Å². The molecule has 0 fully saturated rings. The number of carbonyl (C=O) groups excluding carboxylic acids is 1. The van der Waals surface area contributed by atoms with Crippen LogP contribution in [0, 0.1) is 0 Å². The minimum absolute atomic E-state index is 0.0436. The predicted octanol–water partition coefficient (Wildman–Crippen LogP) is 4.08. The van der Waals surface area contributed by atoms with Gasteiger partial charge in [0.05, 0.1) is 16.5 Å². The maximum Gasteiger partial charge on any atom is 0.338 e. The number of fused-ring (bicyclic) bond motifs is 4. The number of hydrogen-bond donors (Lipinski definition) is 0. The van der Waals surface area contributed by atoms with E-state index < -0.39 is 11.6 Å². The van der Waals surface area contributed by atoms with Crippen molar-refractivity contribution in [1.29, 1.82) is 0 Å². The van der Waals surface area contributed by atoms with Crippen molar-refractivity contribution < 1.29 is 13.9 Å². The lowest BCUT2D eigenvalue weighted by Crippen LogP contribution is -2.24. The number of benzene rings is 2. The Morgan fingerprint density at radius 2 is 1.79 bits per heavy atom. The lowest BCUT2D eigenvalue weighted by atomic mass is 10.0. The molecule has 3 heterocycles. The van der Waals surface area contributed by atoms with Crippen molar-refractivity contribution in [3.8, 4) is 0 Å². The summed E-state index contributed by atoms with van der Waals surface area (Å²) < 4.78 is 12.7. The molecule has 0 amide bonds. The number of carbonyl (C=O) groups is 1. The number of aryl methyl sites for hydroxylation is 3. The van der Waals surface area contributed by atoms with E-state index in [2.05, 4.69) is 4.98 Å². The first kappa shape index (κ1) is 20.8. The third kappa shape index (κ3) is 3.61. The average molecular weight is 456 g/mol. The topological polar surface area (TPSA) is 91.4 Å². The molecule has 0 unspecified atom stereocenters. The van der Waals surface area contributed by atoms with Crippen LogP contribution in [0.2, 0.25) is 0 Å². The molecule has 172 valence electrons. The van der Waals surface area contributed by atoms with Crippen molar-refractivity contribution in [3.05, 3.63) is 85.3 Å². The number of ether oxygens (including phenoxy) is 1. The van der Waals surface area contributed by atoms with Gasteiger partial charge >= 0.3 is 11.6 Å². The molecular weight excluding hydrogens is 432 g/mol. The van der Waals surface area contributed by atoms with E-state index in [4.69, 9.17) is 9.15 Å². The van der Waals surface area contributed by atoms with Crippen LogP contribution in [-0.2, 0) is 37.2 Å². The van der Waals surface area contributed by atoms with E-state index in [0.717, 1.165) is 56.2 Å². The highest BCUT2D eigenvalue weighted by Gasteiger charge is 2.18. The van der Waals surface area contributed by atoms with Crippen LogP contribution in [0.25, 0.3) is 21.9 Å². The summed E-state index contributed by atoms with van der Waals surface area (Å²) in [6, 6.07) is 10.2. The van der Waals surface area contributed by atoms with Gasteiger partial charge in [0.2, 0.25) is 0 Å². The molecule has 0 N–H and O–H groups in total. The lowest BCUT2D eigenvalue weighted by Gasteiger charge is -2.11. The molecule has 7 heteroatoms. The molecule has 2 aromatic carbocycles. The number of hydrogen-bond acceptors (Lipinski definition) is 6. The van der Waals surface area contributed by atoms with Gasteiger partial charge in [-0.25, -0.2) is 14.6 Å². The molecule has 0 atom stereocenters. The maximum atomic E-state index is 12.9. The number of esters is 1. The quantitative estimate of drug-likeness (QED) is 0.341. The van der Waals surface area contributed by atoms with Crippen LogP contribution in [0.3, 0.4) is 0 Å². The van der Waals surface area contributed by atoms with Gasteiger partial charge in [-0.1, -0.05) is 6.42 Å². The van der Waals surface area contributed by atoms with Gasteiger partial charge in [-0.15, -0.1) is 0 Å². The van der Waals surface area contributed by atoms with E-state index in [1.165, 1.54) is 17.2 Å². The minimum Gasteiger partial charge on any atom is -0.457 e. The highest BCUT2D eigenvalue weighted by Crippen LogP contribution is 2.29. The van der Waals surface area contributed by atoms with E-state index in [0.29, 0.717) is 34.2 Å². The number of aromatic nitrogens is 2. The van der Waals surface area contributed by atoms with Crippen LogP contribution >= 0.6 is 0 Å². The largest absolute Gasteiger partial charge is 0.457 e. The van der Waals surface area contributed by atoms with Gasteiger partial charge < -0.3 is 9.15 Å². The van der Waals surface area contributed by atoms with Crippen molar-refractivity contribution in [2.75, 3.05) is 0 Å². The molecule has 0 spiro atoms. The van der Waals surface area contributed by atoms with E-state index in [9.17, 15) is 14.4 Å². The standard InChI is InChI=1S/C27H24N2O5/c30-25-14-19(21-11-16-5-4-6-17(16)13-23(21)34-25)15-33-27(32)18-8-9-20-22(12-18)28-24-7-2-1-3-10-29(24)26(20)31/h8-9,11-14H,1-7,10,15H2. The fourth-order valence-corrected chi connectivity index (χ4v) is 5.19. The third-order valence-electron chi connectivity index (χ3n) is 6.95. The molecule has 2 aromatic heterocycles. The molecule has 1 aliphatic heterocycles. The second-order valence-corrected chi connectivity index (χ2v) is 9.16. The zero-order valence-corrected chi connectivity index (χ0v) is 18.8. The Kier molecular flexibility index (Phi) is 5.05. The number of nitrogens with zero attached hydrogens (tertiary/aromatic N) is 2. The molecule has 7 nitrogen and oxygen atoms in total. The molecule has 6 rings (SSSR count). The van der Waals surface area contributed by atoms with Crippen LogP contribution in [0.15, 0.2) is 50.4 Å². The first-order valence-corrected chi connectivity index (χ1v) is 11.9. The molecule has 0 bridgehead atoms. The Morgan fingerprint density at radius 3 is 2.68 bits per heavy atom. The molecule has 1 aliphatic carbocycles. The minimum atomic E-state index is -0.527. The van der Waals surface area contributed by atoms with Crippen LogP contribution in [0.1, 0.15) is 58.6 Å². The normalized spacial score (nSPS) is 15.2. The van der Waals surface area contributed by atoms with Crippen molar-refractivity contribution in [3.63, 3.8) is 0 Å². The van der Waals surface area contributed by atoms with Crippen LogP contribution in [-0.4, -0.2) is 15.5 Å².